The maximum absolute atomic E-state index is 12.5. The van der Waals surface area contributed by atoms with E-state index in [2.05, 4.69) is 5.32 Å². The molecular formula is C15H22ClN3O3. The number of carbonyl (C=O) groups is 1. The number of likely N-dealkylation sites (N-methyl/N-ethyl adjacent to an activating group) is 1. The summed E-state index contributed by atoms with van der Waals surface area (Å²) in [6.07, 6.45) is 0.470. The molecule has 1 heterocycles. The topological polar surface area (TPSA) is 87.8 Å². The van der Waals surface area contributed by atoms with Gasteiger partial charge < -0.3 is 20.9 Å². The van der Waals surface area contributed by atoms with Gasteiger partial charge in [-0.25, -0.2) is 0 Å². The van der Waals surface area contributed by atoms with E-state index >= 15 is 0 Å². The van der Waals surface area contributed by atoms with E-state index in [1.54, 1.807) is 6.92 Å². The van der Waals surface area contributed by atoms with Crippen molar-refractivity contribution in [1.29, 1.82) is 0 Å². The van der Waals surface area contributed by atoms with Gasteiger partial charge in [-0.2, -0.15) is 0 Å². The average molecular weight is 328 g/mol. The molecule has 1 aromatic rings. The molecule has 2 rings (SSSR count). The van der Waals surface area contributed by atoms with Crippen LogP contribution in [0, 0.1) is 0 Å². The summed E-state index contributed by atoms with van der Waals surface area (Å²) in [6.45, 7) is 5.04. The van der Waals surface area contributed by atoms with Crippen molar-refractivity contribution in [2.75, 3.05) is 25.9 Å². The number of halogens is 1. The Balaban J connectivity index is 2.15. The number of aliphatic hydroxyl groups is 1. The van der Waals surface area contributed by atoms with E-state index in [0.717, 1.165) is 6.54 Å². The molecule has 4 N–H and O–H groups in total. The number of rotatable bonds is 4. The van der Waals surface area contributed by atoms with Gasteiger partial charge in [0.25, 0.3) is 5.91 Å². The molecule has 0 unspecified atom stereocenters. The van der Waals surface area contributed by atoms with Crippen LogP contribution in [0.1, 0.15) is 30.6 Å². The zero-order valence-corrected chi connectivity index (χ0v) is 13.8. The van der Waals surface area contributed by atoms with Gasteiger partial charge in [0.05, 0.1) is 23.4 Å². The summed E-state index contributed by atoms with van der Waals surface area (Å²) in [6, 6.07) is 2.89. The number of nitrogens with one attached hydrogen (secondary N) is 1. The number of benzene rings is 1. The second-order valence-electron chi connectivity index (χ2n) is 5.70. The van der Waals surface area contributed by atoms with E-state index in [1.807, 2.05) is 11.8 Å². The second kappa shape index (κ2) is 6.32. The smallest absolute Gasteiger partial charge is 0.255 e. The number of likely N-dealkylation sites (tertiary alicyclic amines) is 1. The standard InChI is InChI=1S/C15H22ClN3O3/c1-4-19-8-9(7-15(19,2)21)18-14(20)10-5-11(16)12(17)6-13(10)22-3/h5-6,9,21H,4,7-8,17H2,1-3H3,(H,18,20)/t9-,15-/m0/s1. The predicted octanol–water partition coefficient (Wildman–Crippen LogP) is 1.46. The monoisotopic (exact) mass is 327 g/mol. The van der Waals surface area contributed by atoms with Crippen molar-refractivity contribution in [3.05, 3.63) is 22.7 Å². The molecule has 6 nitrogen and oxygen atoms in total. The maximum Gasteiger partial charge on any atom is 0.255 e. The minimum Gasteiger partial charge on any atom is -0.496 e. The van der Waals surface area contributed by atoms with Crippen molar-refractivity contribution in [3.8, 4) is 5.75 Å². The molecule has 7 heteroatoms. The lowest BCUT2D eigenvalue weighted by molar-refractivity contribution is -0.0612. The minimum absolute atomic E-state index is 0.136. The zero-order chi connectivity index (χ0) is 16.5. The first-order chi connectivity index (χ1) is 10.3. The summed E-state index contributed by atoms with van der Waals surface area (Å²) in [7, 11) is 1.47. The van der Waals surface area contributed by atoms with Crippen LogP contribution in [0.3, 0.4) is 0 Å². The van der Waals surface area contributed by atoms with Crippen molar-refractivity contribution in [2.45, 2.75) is 32.0 Å². The summed E-state index contributed by atoms with van der Waals surface area (Å²) in [5, 5.41) is 13.5. The fourth-order valence-electron chi connectivity index (χ4n) is 2.87. The van der Waals surface area contributed by atoms with Crippen LogP contribution < -0.4 is 15.8 Å². The highest BCUT2D eigenvalue weighted by molar-refractivity contribution is 6.33. The highest BCUT2D eigenvalue weighted by Gasteiger charge is 2.40. The Hall–Kier alpha value is -1.50. The van der Waals surface area contributed by atoms with Crippen molar-refractivity contribution in [2.24, 2.45) is 0 Å². The number of nitrogens with zero attached hydrogens (tertiary/aromatic N) is 1. The molecule has 1 aromatic carbocycles. The van der Waals surface area contributed by atoms with Gasteiger partial charge in [-0.1, -0.05) is 18.5 Å². The molecule has 1 aliphatic heterocycles. The highest BCUT2D eigenvalue weighted by Crippen LogP contribution is 2.30. The second-order valence-corrected chi connectivity index (χ2v) is 6.11. The molecule has 0 spiro atoms. The average Bonchev–Trinajstić information content (AvgIpc) is 2.74. The minimum atomic E-state index is -0.907. The quantitative estimate of drug-likeness (QED) is 0.729. The van der Waals surface area contributed by atoms with Crippen LogP contribution >= 0.6 is 11.6 Å². The van der Waals surface area contributed by atoms with Crippen LogP contribution in [0.25, 0.3) is 0 Å². The zero-order valence-electron chi connectivity index (χ0n) is 13.0. The molecule has 1 saturated heterocycles. The lowest BCUT2D eigenvalue weighted by atomic mass is 10.1. The fraction of sp³-hybridized carbons (Fsp3) is 0.533. The third-order valence-electron chi connectivity index (χ3n) is 4.04. The van der Waals surface area contributed by atoms with Crippen LogP contribution in [0.15, 0.2) is 12.1 Å². The first kappa shape index (κ1) is 16.9. The number of amides is 1. The number of carbonyl (C=O) groups excluding carboxylic acids is 1. The maximum atomic E-state index is 12.5. The molecule has 22 heavy (non-hydrogen) atoms. The summed E-state index contributed by atoms with van der Waals surface area (Å²) in [5.74, 6) is 0.0778. The number of hydrogen-bond donors (Lipinski definition) is 3. The molecule has 0 saturated carbocycles. The molecule has 1 aliphatic rings. The first-order valence-electron chi connectivity index (χ1n) is 7.19. The Morgan fingerprint density at radius 3 is 2.86 bits per heavy atom. The van der Waals surface area contributed by atoms with Crippen LogP contribution in [-0.2, 0) is 0 Å². The molecular weight excluding hydrogens is 306 g/mol. The van der Waals surface area contributed by atoms with Gasteiger partial charge in [-0.05, 0) is 19.5 Å². The van der Waals surface area contributed by atoms with Crippen LogP contribution in [0.5, 0.6) is 5.75 Å². The Morgan fingerprint density at radius 1 is 1.64 bits per heavy atom. The van der Waals surface area contributed by atoms with E-state index in [-0.39, 0.29) is 11.9 Å². The van der Waals surface area contributed by atoms with Gasteiger partial charge in [0.1, 0.15) is 11.5 Å². The van der Waals surface area contributed by atoms with Crippen LogP contribution in [0.4, 0.5) is 5.69 Å². The molecule has 1 amide bonds. The molecule has 0 aliphatic carbocycles. The summed E-state index contributed by atoms with van der Waals surface area (Å²) >= 11 is 5.99. The Kier molecular flexibility index (Phi) is 4.84. The third kappa shape index (κ3) is 3.29. The van der Waals surface area contributed by atoms with Crippen molar-refractivity contribution >= 4 is 23.2 Å². The Labute approximate surface area is 135 Å². The van der Waals surface area contributed by atoms with E-state index in [1.165, 1.54) is 19.2 Å². The lowest BCUT2D eigenvalue weighted by Crippen LogP contribution is -2.40. The van der Waals surface area contributed by atoms with Crippen molar-refractivity contribution < 1.29 is 14.6 Å². The van der Waals surface area contributed by atoms with Crippen LogP contribution in [0.2, 0.25) is 5.02 Å². The van der Waals surface area contributed by atoms with Gasteiger partial charge >= 0.3 is 0 Å². The summed E-state index contributed by atoms with van der Waals surface area (Å²) in [4.78, 5) is 14.4. The molecule has 2 atom stereocenters. The summed E-state index contributed by atoms with van der Waals surface area (Å²) < 4.78 is 5.19. The number of methoxy groups -OCH3 is 1. The number of hydrogen-bond acceptors (Lipinski definition) is 5. The number of nitrogen functional groups attached to an aromatic ring is 1. The molecule has 0 aromatic heterocycles. The number of nitrogens with two attached hydrogens (primary N) is 1. The van der Waals surface area contributed by atoms with Gasteiger partial charge in [0.2, 0.25) is 0 Å². The molecule has 0 bridgehead atoms. The first-order valence-corrected chi connectivity index (χ1v) is 7.57. The molecule has 1 fully saturated rings. The van der Waals surface area contributed by atoms with E-state index in [9.17, 15) is 9.90 Å². The van der Waals surface area contributed by atoms with Crippen molar-refractivity contribution in [3.63, 3.8) is 0 Å². The molecule has 0 radical (unpaired) electrons. The Morgan fingerprint density at radius 2 is 2.32 bits per heavy atom. The van der Waals surface area contributed by atoms with Crippen molar-refractivity contribution in [1.82, 2.24) is 10.2 Å². The largest absolute Gasteiger partial charge is 0.496 e. The van der Waals surface area contributed by atoms with E-state index in [0.29, 0.717) is 35.0 Å². The number of anilines is 1. The van der Waals surface area contributed by atoms with Gasteiger partial charge in [0, 0.05) is 25.1 Å². The van der Waals surface area contributed by atoms with Gasteiger partial charge in [-0.3, -0.25) is 9.69 Å². The third-order valence-corrected chi connectivity index (χ3v) is 4.36. The van der Waals surface area contributed by atoms with E-state index < -0.39 is 5.72 Å². The van der Waals surface area contributed by atoms with Crippen LogP contribution in [-0.4, -0.2) is 47.9 Å². The highest BCUT2D eigenvalue weighted by atomic mass is 35.5. The van der Waals surface area contributed by atoms with E-state index in [4.69, 9.17) is 22.1 Å². The summed E-state index contributed by atoms with van der Waals surface area (Å²) in [5.41, 5.74) is 5.50. The normalized spacial score (nSPS) is 25.2. The predicted molar refractivity (Wildman–Crippen MR) is 86.2 cm³/mol. The fourth-order valence-corrected chi connectivity index (χ4v) is 3.03. The van der Waals surface area contributed by atoms with Gasteiger partial charge in [0.15, 0.2) is 0 Å². The molecule has 122 valence electrons. The SMILES string of the molecule is CCN1C[C@@H](NC(=O)c2cc(Cl)c(N)cc2OC)C[C@]1(C)O. The van der Waals surface area contributed by atoms with Gasteiger partial charge in [-0.15, -0.1) is 0 Å². The number of ether oxygens (including phenoxy) is 1. The lowest BCUT2D eigenvalue weighted by Gasteiger charge is -2.27. The Bertz CT molecular complexity index is 577.